The molecule has 0 bridgehead atoms. The number of nitrogens with zero attached hydrogens (tertiary/aromatic N) is 2. The minimum atomic E-state index is -0.807. The van der Waals surface area contributed by atoms with Crippen molar-refractivity contribution in [2.45, 2.75) is 29.5 Å². The van der Waals surface area contributed by atoms with E-state index < -0.39 is 8.45 Å². The topological polar surface area (TPSA) is 15.7 Å². The number of hydrogen-bond donors (Lipinski definition) is 0. The van der Waals surface area contributed by atoms with E-state index in [0.29, 0.717) is 6.04 Å². The Kier molecular flexibility index (Phi) is 5.76. The Morgan fingerprint density at radius 1 is 0.931 bits per heavy atom. The van der Waals surface area contributed by atoms with E-state index >= 15 is 0 Å². The van der Waals surface area contributed by atoms with Gasteiger partial charge in [0.05, 0.1) is 0 Å². The molecule has 148 valence electrons. The average Bonchev–Trinajstić information content (AvgIpc) is 3.37. The molecule has 0 amide bonds. The smallest absolute Gasteiger partial charge is 0.279 e. The molecular formula is C24H25N2OPS. The first-order valence-electron chi connectivity index (χ1n) is 10.2. The summed E-state index contributed by atoms with van der Waals surface area (Å²) >= 11 is 1.87. The van der Waals surface area contributed by atoms with Crippen molar-refractivity contribution in [3.63, 3.8) is 0 Å². The Morgan fingerprint density at radius 3 is 2.55 bits per heavy atom. The van der Waals surface area contributed by atoms with Gasteiger partial charge in [-0.25, -0.2) is 4.67 Å². The molecule has 29 heavy (non-hydrogen) atoms. The van der Waals surface area contributed by atoms with Crippen LogP contribution in [-0.4, -0.2) is 23.8 Å². The molecule has 5 heteroatoms. The van der Waals surface area contributed by atoms with E-state index in [2.05, 4.69) is 94.3 Å². The average molecular weight is 421 g/mol. The van der Waals surface area contributed by atoms with Gasteiger partial charge in [0.25, 0.3) is 8.45 Å². The van der Waals surface area contributed by atoms with E-state index in [4.69, 9.17) is 4.52 Å². The normalized spacial score (nSPS) is 21.3. The number of anilines is 1. The molecule has 0 radical (unpaired) electrons. The summed E-state index contributed by atoms with van der Waals surface area (Å²) in [5.41, 5.74) is 2.57. The van der Waals surface area contributed by atoms with Crippen molar-refractivity contribution in [1.82, 2.24) is 4.67 Å². The molecule has 3 aromatic carbocycles. The van der Waals surface area contributed by atoms with Crippen LogP contribution < -0.4 is 9.19 Å². The fourth-order valence-corrected chi connectivity index (χ4v) is 7.10. The van der Waals surface area contributed by atoms with E-state index in [1.165, 1.54) is 29.0 Å². The van der Waals surface area contributed by atoms with Gasteiger partial charge in [0.1, 0.15) is 5.75 Å². The summed E-state index contributed by atoms with van der Waals surface area (Å²) in [7, 11) is -0.807. The summed E-state index contributed by atoms with van der Waals surface area (Å²) in [5.74, 6) is 1.93. The molecule has 2 aliphatic heterocycles. The number of fused-ring (bicyclic) bond motifs is 1. The van der Waals surface area contributed by atoms with E-state index in [-0.39, 0.29) is 0 Å². The Morgan fingerprint density at radius 2 is 1.72 bits per heavy atom. The van der Waals surface area contributed by atoms with Crippen molar-refractivity contribution in [2.75, 3.05) is 17.8 Å². The fourth-order valence-electron chi connectivity index (χ4n) is 4.02. The quantitative estimate of drug-likeness (QED) is 0.331. The minimum Gasteiger partial charge on any atom is -0.440 e. The highest BCUT2D eigenvalue weighted by molar-refractivity contribution is 7.98. The Hall–Kier alpha value is -2.00. The lowest BCUT2D eigenvalue weighted by molar-refractivity contribution is 0.432. The molecule has 2 unspecified atom stereocenters. The standard InChI is InChI=1S/C24H25N2OPS/c1-3-10-21(11-4-1)26-18-22-12-8-16-25(22)28(26)27-23-13-7-9-20(17-23)19-29-24-14-5-2-6-15-24/h1-7,9-11,13-15,17,22H,8,12,16,18-19H2. The summed E-state index contributed by atoms with van der Waals surface area (Å²) in [6.45, 7) is 2.21. The predicted octanol–water partition coefficient (Wildman–Crippen LogP) is 6.57. The van der Waals surface area contributed by atoms with Gasteiger partial charge in [0.2, 0.25) is 0 Å². The van der Waals surface area contributed by atoms with Gasteiger partial charge in [-0.05, 0) is 54.8 Å². The SMILES string of the molecule is c1ccc(SCc2cccc(OP3N(c4ccccc4)CC4CCCN43)c2)cc1. The second kappa shape index (κ2) is 8.79. The van der Waals surface area contributed by atoms with Crippen LogP contribution in [0.1, 0.15) is 18.4 Å². The third-order valence-corrected chi connectivity index (χ3v) is 8.68. The molecule has 0 saturated carbocycles. The molecule has 2 fully saturated rings. The number of benzene rings is 3. The zero-order valence-corrected chi connectivity index (χ0v) is 18.1. The van der Waals surface area contributed by atoms with Crippen LogP contribution in [0.5, 0.6) is 5.75 Å². The maximum Gasteiger partial charge on any atom is 0.279 e. The molecule has 3 aromatic rings. The van der Waals surface area contributed by atoms with E-state index in [0.717, 1.165) is 24.6 Å². The summed E-state index contributed by atoms with van der Waals surface area (Å²) in [4.78, 5) is 1.30. The first-order chi connectivity index (χ1) is 14.4. The van der Waals surface area contributed by atoms with Gasteiger partial charge < -0.3 is 9.19 Å². The van der Waals surface area contributed by atoms with Crippen LogP contribution in [0.15, 0.2) is 89.8 Å². The highest BCUT2D eigenvalue weighted by Gasteiger charge is 2.45. The van der Waals surface area contributed by atoms with Crippen LogP contribution in [0.2, 0.25) is 0 Å². The van der Waals surface area contributed by atoms with Crippen molar-refractivity contribution in [3.8, 4) is 5.75 Å². The van der Waals surface area contributed by atoms with Gasteiger partial charge in [-0.2, -0.15) is 0 Å². The number of rotatable bonds is 6. The van der Waals surface area contributed by atoms with Crippen molar-refractivity contribution < 1.29 is 4.52 Å². The zero-order chi connectivity index (χ0) is 19.5. The summed E-state index contributed by atoms with van der Waals surface area (Å²) in [6, 6.07) is 30.6. The highest BCUT2D eigenvalue weighted by Crippen LogP contribution is 2.56. The van der Waals surface area contributed by atoms with Crippen molar-refractivity contribution in [2.24, 2.45) is 0 Å². The van der Waals surface area contributed by atoms with Crippen LogP contribution in [0.4, 0.5) is 5.69 Å². The third kappa shape index (κ3) is 4.30. The molecule has 0 aromatic heterocycles. The monoisotopic (exact) mass is 420 g/mol. The summed E-state index contributed by atoms with van der Waals surface area (Å²) in [6.07, 6.45) is 2.56. The molecule has 2 atom stereocenters. The lowest BCUT2D eigenvalue weighted by Gasteiger charge is -2.29. The molecule has 0 spiro atoms. The van der Waals surface area contributed by atoms with Gasteiger partial charge in [0.15, 0.2) is 0 Å². The van der Waals surface area contributed by atoms with Crippen LogP contribution >= 0.6 is 20.2 Å². The van der Waals surface area contributed by atoms with E-state index in [9.17, 15) is 0 Å². The maximum absolute atomic E-state index is 6.66. The van der Waals surface area contributed by atoms with Gasteiger partial charge in [-0.3, -0.25) is 0 Å². The lowest BCUT2D eigenvalue weighted by Crippen LogP contribution is -2.20. The summed E-state index contributed by atoms with van der Waals surface area (Å²) < 4.78 is 11.7. The van der Waals surface area contributed by atoms with Crippen LogP contribution in [-0.2, 0) is 5.75 Å². The van der Waals surface area contributed by atoms with Gasteiger partial charge in [0, 0.05) is 35.5 Å². The molecule has 5 rings (SSSR count). The minimum absolute atomic E-state index is 0.623. The van der Waals surface area contributed by atoms with Gasteiger partial charge in [-0.1, -0.05) is 48.5 Å². The predicted molar refractivity (Wildman–Crippen MR) is 124 cm³/mol. The first kappa shape index (κ1) is 19.0. The maximum atomic E-state index is 6.66. The molecular weight excluding hydrogens is 395 g/mol. The van der Waals surface area contributed by atoms with E-state index in [1.54, 1.807) is 0 Å². The van der Waals surface area contributed by atoms with Crippen molar-refractivity contribution in [1.29, 1.82) is 0 Å². The highest BCUT2D eigenvalue weighted by atomic mass is 32.2. The largest absolute Gasteiger partial charge is 0.440 e. The summed E-state index contributed by atoms with van der Waals surface area (Å²) in [5, 5.41) is 0. The molecule has 2 saturated heterocycles. The molecule has 0 aliphatic carbocycles. The third-order valence-electron chi connectivity index (χ3n) is 5.44. The first-order valence-corrected chi connectivity index (χ1v) is 12.4. The fraction of sp³-hybridized carbons (Fsp3) is 0.250. The molecule has 2 aliphatic rings. The Bertz CT molecular complexity index is 940. The van der Waals surface area contributed by atoms with E-state index in [1.807, 2.05) is 11.8 Å². The molecule has 3 nitrogen and oxygen atoms in total. The second-order valence-corrected chi connectivity index (χ2v) is 10.2. The Labute approximate surface area is 178 Å². The Balaban J connectivity index is 1.32. The van der Waals surface area contributed by atoms with Gasteiger partial charge >= 0.3 is 0 Å². The number of para-hydroxylation sites is 1. The second-order valence-electron chi connectivity index (χ2n) is 7.47. The number of thioether (sulfide) groups is 1. The number of hydrogen-bond acceptors (Lipinski definition) is 4. The van der Waals surface area contributed by atoms with Gasteiger partial charge in [-0.15, -0.1) is 11.8 Å². The van der Waals surface area contributed by atoms with Crippen molar-refractivity contribution in [3.05, 3.63) is 90.5 Å². The zero-order valence-electron chi connectivity index (χ0n) is 16.4. The molecule has 0 N–H and O–H groups in total. The van der Waals surface area contributed by atoms with Crippen LogP contribution in [0.3, 0.4) is 0 Å². The van der Waals surface area contributed by atoms with Crippen LogP contribution in [0, 0.1) is 0 Å². The lowest BCUT2D eigenvalue weighted by atomic mass is 10.2. The molecule has 2 heterocycles. The van der Waals surface area contributed by atoms with Crippen LogP contribution in [0.25, 0.3) is 0 Å². The van der Waals surface area contributed by atoms with Crippen molar-refractivity contribution >= 4 is 25.9 Å².